The van der Waals surface area contributed by atoms with Crippen LogP contribution in [0.3, 0.4) is 0 Å². The number of aldehydes is 1. The maximum atomic E-state index is 8.81. The molecule has 0 N–H and O–H groups in total. The summed E-state index contributed by atoms with van der Waals surface area (Å²) in [5, 5.41) is 0. The van der Waals surface area contributed by atoms with E-state index < -0.39 is 0 Å². The average molecular weight is 90.1 g/mol. The van der Waals surface area contributed by atoms with E-state index in [1.54, 1.807) is 14.2 Å². The third-order valence-electron chi connectivity index (χ3n) is 0. The summed E-state index contributed by atoms with van der Waals surface area (Å²) in [6.45, 7) is 1.44. The summed E-state index contributed by atoms with van der Waals surface area (Å²) >= 11 is 0. The molecule has 0 rings (SSSR count). The quantitative estimate of drug-likeness (QED) is 0.404. The molecule has 0 spiro atoms. The lowest BCUT2D eigenvalue weighted by Crippen LogP contribution is -1.55. The first kappa shape index (κ1) is 9.16. The van der Waals surface area contributed by atoms with E-state index in [1.807, 2.05) is 0 Å². The van der Waals surface area contributed by atoms with Crippen LogP contribution in [-0.2, 0) is 9.53 Å². The molecule has 0 saturated heterocycles. The van der Waals surface area contributed by atoms with Gasteiger partial charge >= 0.3 is 0 Å². The summed E-state index contributed by atoms with van der Waals surface area (Å²) in [6, 6.07) is 0. The highest BCUT2D eigenvalue weighted by Gasteiger charge is 1.25. The molecule has 0 aliphatic heterocycles. The zero-order valence-corrected chi connectivity index (χ0v) is 4.39. The Kier molecular flexibility index (Phi) is 35.1. The van der Waals surface area contributed by atoms with Crippen molar-refractivity contribution in [1.29, 1.82) is 0 Å². The van der Waals surface area contributed by atoms with Crippen molar-refractivity contribution in [3.8, 4) is 0 Å². The number of hydrogen-bond donors (Lipinski definition) is 0. The Morgan fingerprint density at radius 3 is 1.50 bits per heavy atom. The zero-order chi connectivity index (χ0) is 5.41. The van der Waals surface area contributed by atoms with Gasteiger partial charge in [0.25, 0.3) is 0 Å². The lowest BCUT2D eigenvalue weighted by Gasteiger charge is -1.61. The monoisotopic (exact) mass is 90.1 g/mol. The molecule has 6 heavy (non-hydrogen) atoms. The Hall–Kier alpha value is -0.370. The van der Waals surface area contributed by atoms with E-state index in [-0.39, 0.29) is 0 Å². The number of carbonyl (C=O) groups is 1. The van der Waals surface area contributed by atoms with Gasteiger partial charge in [0.1, 0.15) is 6.29 Å². The van der Waals surface area contributed by atoms with Crippen molar-refractivity contribution < 1.29 is 9.53 Å². The molecule has 0 bridgehead atoms. The number of ether oxygens (including phenoxy) is 1. The van der Waals surface area contributed by atoms with Crippen LogP contribution >= 0.6 is 0 Å². The average Bonchev–Trinajstić information content (AvgIpc) is 1.39. The van der Waals surface area contributed by atoms with Crippen LogP contribution in [0.4, 0.5) is 0 Å². The van der Waals surface area contributed by atoms with E-state index in [0.29, 0.717) is 0 Å². The summed E-state index contributed by atoms with van der Waals surface area (Å²) < 4.78 is 4.25. The van der Waals surface area contributed by atoms with Crippen LogP contribution in [0.5, 0.6) is 0 Å². The molecule has 0 aliphatic rings. The van der Waals surface area contributed by atoms with Gasteiger partial charge in [-0.05, 0) is 6.92 Å². The van der Waals surface area contributed by atoms with Crippen LogP contribution in [0.1, 0.15) is 6.92 Å². The van der Waals surface area contributed by atoms with Crippen LogP contribution in [0.2, 0.25) is 0 Å². The lowest BCUT2D eigenvalue weighted by molar-refractivity contribution is -0.106. The van der Waals surface area contributed by atoms with E-state index >= 15 is 0 Å². The molecule has 0 atom stereocenters. The molecule has 0 aromatic carbocycles. The summed E-state index contributed by atoms with van der Waals surface area (Å²) in [6.07, 6.45) is 0.750. The van der Waals surface area contributed by atoms with Crippen LogP contribution < -0.4 is 0 Å². The van der Waals surface area contributed by atoms with Gasteiger partial charge in [0.15, 0.2) is 0 Å². The molecule has 0 unspecified atom stereocenters. The number of rotatable bonds is 0. The van der Waals surface area contributed by atoms with Crippen molar-refractivity contribution in [2.45, 2.75) is 6.92 Å². The molecule has 0 saturated carbocycles. The van der Waals surface area contributed by atoms with Gasteiger partial charge in [0.2, 0.25) is 0 Å². The molecule has 2 nitrogen and oxygen atoms in total. The normalized spacial score (nSPS) is 5.17. The third-order valence-corrected chi connectivity index (χ3v) is 0. The number of hydrogen-bond acceptors (Lipinski definition) is 2. The standard InChI is InChI=1S/C2H6O.C2H4O/c1-3-2;1-2-3/h1-2H3;2H,1H3. The second-order valence-corrected chi connectivity index (χ2v) is 0.644. The van der Waals surface area contributed by atoms with Crippen molar-refractivity contribution >= 4 is 6.29 Å². The fourth-order valence-corrected chi connectivity index (χ4v) is 0. The number of methoxy groups -OCH3 is 1. The fraction of sp³-hybridized carbons (Fsp3) is 0.750. The summed E-state index contributed by atoms with van der Waals surface area (Å²) in [5.74, 6) is 0. The first-order valence-electron chi connectivity index (χ1n) is 1.63. The van der Waals surface area contributed by atoms with Crippen LogP contribution in [-0.4, -0.2) is 20.5 Å². The second-order valence-electron chi connectivity index (χ2n) is 0.644. The maximum Gasteiger partial charge on any atom is 0.116 e. The van der Waals surface area contributed by atoms with Crippen LogP contribution in [0.25, 0.3) is 0 Å². The summed E-state index contributed by atoms with van der Waals surface area (Å²) in [7, 11) is 3.25. The molecule has 0 fully saturated rings. The van der Waals surface area contributed by atoms with E-state index in [2.05, 4.69) is 4.74 Å². The predicted molar refractivity (Wildman–Crippen MR) is 24.7 cm³/mol. The van der Waals surface area contributed by atoms with Crippen LogP contribution in [0, 0.1) is 0 Å². The molecule has 0 heterocycles. The molecule has 0 aliphatic carbocycles. The second kappa shape index (κ2) is 23.0. The number of carbonyl (C=O) groups excluding carboxylic acids is 1. The van der Waals surface area contributed by atoms with Crippen molar-refractivity contribution in [1.82, 2.24) is 0 Å². The van der Waals surface area contributed by atoms with E-state index in [9.17, 15) is 0 Å². The molecule has 2 heteroatoms. The minimum absolute atomic E-state index is 0.750. The Bertz CT molecular complexity index is 19.5. The highest BCUT2D eigenvalue weighted by Crippen LogP contribution is 1.28. The maximum absolute atomic E-state index is 8.81. The molecular weight excluding hydrogens is 80.0 g/mol. The Balaban J connectivity index is 0. The SMILES string of the molecule is CC=O.COC. The molecule has 0 aromatic heterocycles. The fourth-order valence-electron chi connectivity index (χ4n) is 0. The van der Waals surface area contributed by atoms with Gasteiger partial charge in [-0.2, -0.15) is 0 Å². The lowest BCUT2D eigenvalue weighted by atomic mass is 11.0. The Morgan fingerprint density at radius 2 is 1.50 bits per heavy atom. The zero-order valence-electron chi connectivity index (χ0n) is 4.39. The van der Waals surface area contributed by atoms with E-state index in [4.69, 9.17) is 4.79 Å². The molecule has 38 valence electrons. The largest absolute Gasteiger partial charge is 0.388 e. The minimum atomic E-state index is 0.750. The van der Waals surface area contributed by atoms with Crippen molar-refractivity contribution in [2.24, 2.45) is 0 Å². The first-order valence-corrected chi connectivity index (χ1v) is 1.63. The Labute approximate surface area is 38.1 Å². The van der Waals surface area contributed by atoms with Gasteiger partial charge in [-0.1, -0.05) is 0 Å². The van der Waals surface area contributed by atoms with Gasteiger partial charge in [-0.3, -0.25) is 0 Å². The van der Waals surface area contributed by atoms with Gasteiger partial charge < -0.3 is 9.53 Å². The van der Waals surface area contributed by atoms with Crippen molar-refractivity contribution in [3.63, 3.8) is 0 Å². The summed E-state index contributed by atoms with van der Waals surface area (Å²) in [4.78, 5) is 8.81. The predicted octanol–water partition coefficient (Wildman–Crippen LogP) is 0.468. The highest BCUT2D eigenvalue weighted by molar-refractivity contribution is 5.44. The molecule has 0 radical (unpaired) electrons. The van der Waals surface area contributed by atoms with E-state index in [1.165, 1.54) is 6.92 Å². The van der Waals surface area contributed by atoms with Crippen molar-refractivity contribution in [3.05, 3.63) is 0 Å². The van der Waals surface area contributed by atoms with E-state index in [0.717, 1.165) is 6.29 Å². The first-order chi connectivity index (χ1) is 2.83. The molecular formula is C4H10O2. The smallest absolute Gasteiger partial charge is 0.116 e. The third kappa shape index (κ3) is 183. The van der Waals surface area contributed by atoms with Gasteiger partial charge in [0, 0.05) is 14.2 Å². The van der Waals surface area contributed by atoms with Crippen LogP contribution in [0.15, 0.2) is 0 Å². The summed E-state index contributed by atoms with van der Waals surface area (Å²) in [5.41, 5.74) is 0. The minimum Gasteiger partial charge on any atom is -0.388 e. The molecule has 0 amide bonds. The topological polar surface area (TPSA) is 26.3 Å². The van der Waals surface area contributed by atoms with Gasteiger partial charge in [-0.25, -0.2) is 0 Å². The van der Waals surface area contributed by atoms with Gasteiger partial charge in [-0.15, -0.1) is 0 Å². The Morgan fingerprint density at radius 1 is 1.50 bits per heavy atom. The van der Waals surface area contributed by atoms with Crippen molar-refractivity contribution in [2.75, 3.05) is 14.2 Å². The highest BCUT2D eigenvalue weighted by atomic mass is 16.4. The van der Waals surface area contributed by atoms with Gasteiger partial charge in [0.05, 0.1) is 0 Å². The molecule has 0 aromatic rings.